The molecule has 0 radical (unpaired) electrons. The summed E-state index contributed by atoms with van der Waals surface area (Å²) in [6.07, 6.45) is 1.59. The van der Waals surface area contributed by atoms with Crippen molar-refractivity contribution in [2.45, 2.75) is 26.7 Å². The lowest BCUT2D eigenvalue weighted by atomic mass is 10.1. The number of aryl methyl sites for hydroxylation is 1. The monoisotopic (exact) mass is 311 g/mol. The van der Waals surface area contributed by atoms with Gasteiger partial charge >= 0.3 is 5.97 Å². The highest BCUT2D eigenvalue weighted by molar-refractivity contribution is 5.89. The van der Waals surface area contributed by atoms with Crippen molar-refractivity contribution in [2.75, 3.05) is 0 Å². The van der Waals surface area contributed by atoms with E-state index in [1.54, 1.807) is 31.3 Å². The summed E-state index contributed by atoms with van der Waals surface area (Å²) >= 11 is 0. The molecule has 0 aliphatic carbocycles. The number of aromatic amines is 1. The number of H-pyrrole nitrogens is 1. The second-order valence-corrected chi connectivity index (χ2v) is 5.83. The molecule has 0 saturated carbocycles. The van der Waals surface area contributed by atoms with Crippen molar-refractivity contribution in [2.24, 2.45) is 0 Å². The molecule has 6 heteroatoms. The number of nitrogens with one attached hydrogen (secondary N) is 1. The minimum absolute atomic E-state index is 0.208. The van der Waals surface area contributed by atoms with Crippen LogP contribution in [-0.2, 0) is 0 Å². The fourth-order valence-electron chi connectivity index (χ4n) is 2.53. The zero-order valence-electron chi connectivity index (χ0n) is 13.1. The summed E-state index contributed by atoms with van der Waals surface area (Å²) in [5.74, 6) is -0.0715. The summed E-state index contributed by atoms with van der Waals surface area (Å²) in [6, 6.07) is 7.01. The molecule has 2 aromatic heterocycles. The fourth-order valence-corrected chi connectivity index (χ4v) is 2.53. The molecule has 0 unspecified atom stereocenters. The average molecular weight is 311 g/mol. The zero-order valence-corrected chi connectivity index (χ0v) is 13.1. The number of rotatable bonds is 3. The number of aromatic nitrogens is 3. The van der Waals surface area contributed by atoms with Gasteiger partial charge in [-0.15, -0.1) is 0 Å². The van der Waals surface area contributed by atoms with Crippen molar-refractivity contribution in [3.63, 3.8) is 0 Å². The first-order valence-corrected chi connectivity index (χ1v) is 7.34. The molecular weight excluding hydrogens is 294 g/mol. The summed E-state index contributed by atoms with van der Waals surface area (Å²) in [6.45, 7) is 5.70. The lowest BCUT2D eigenvalue weighted by Gasteiger charge is -2.08. The van der Waals surface area contributed by atoms with E-state index in [9.17, 15) is 14.7 Å². The van der Waals surface area contributed by atoms with Crippen LogP contribution < -0.4 is 5.56 Å². The van der Waals surface area contributed by atoms with E-state index in [1.165, 1.54) is 4.57 Å². The molecule has 2 N–H and O–H groups in total. The van der Waals surface area contributed by atoms with Crippen molar-refractivity contribution in [3.8, 4) is 5.69 Å². The SMILES string of the molecule is Cc1ccn(-c2ccc3nc(C(C)C)[nH]c3c2)c(=O)c1C(=O)O. The van der Waals surface area contributed by atoms with E-state index < -0.39 is 11.5 Å². The van der Waals surface area contributed by atoms with E-state index >= 15 is 0 Å². The highest BCUT2D eigenvalue weighted by Crippen LogP contribution is 2.20. The van der Waals surface area contributed by atoms with Gasteiger partial charge in [0, 0.05) is 12.1 Å². The zero-order chi connectivity index (χ0) is 16.7. The highest BCUT2D eigenvalue weighted by Gasteiger charge is 2.15. The summed E-state index contributed by atoms with van der Waals surface area (Å²) in [5, 5.41) is 9.22. The molecule has 3 aromatic rings. The lowest BCUT2D eigenvalue weighted by molar-refractivity contribution is 0.0694. The Kier molecular flexibility index (Phi) is 3.52. The quantitative estimate of drug-likeness (QED) is 0.778. The largest absolute Gasteiger partial charge is 0.477 e. The van der Waals surface area contributed by atoms with Gasteiger partial charge in [-0.1, -0.05) is 13.8 Å². The molecule has 0 atom stereocenters. The van der Waals surface area contributed by atoms with Crippen molar-refractivity contribution in [1.29, 1.82) is 0 Å². The molecule has 0 amide bonds. The normalized spacial score (nSPS) is 11.3. The van der Waals surface area contributed by atoms with E-state index in [4.69, 9.17) is 0 Å². The fraction of sp³-hybridized carbons (Fsp3) is 0.235. The van der Waals surface area contributed by atoms with Crippen molar-refractivity contribution < 1.29 is 9.90 Å². The van der Waals surface area contributed by atoms with Crippen molar-refractivity contribution in [3.05, 3.63) is 57.8 Å². The van der Waals surface area contributed by atoms with Gasteiger partial charge in [0.1, 0.15) is 11.4 Å². The van der Waals surface area contributed by atoms with E-state index in [2.05, 4.69) is 9.97 Å². The Bertz CT molecular complexity index is 967. The first kappa shape index (κ1) is 15.0. The summed E-state index contributed by atoms with van der Waals surface area (Å²) < 4.78 is 1.34. The second-order valence-electron chi connectivity index (χ2n) is 5.83. The molecule has 118 valence electrons. The Morgan fingerprint density at radius 1 is 1.30 bits per heavy atom. The molecular formula is C17H17N3O3. The predicted octanol–water partition coefficient (Wildman–Crippen LogP) is 2.84. The number of hydrogen-bond acceptors (Lipinski definition) is 3. The van der Waals surface area contributed by atoms with Crippen LogP contribution in [0, 0.1) is 6.92 Å². The second kappa shape index (κ2) is 5.39. The molecule has 1 aromatic carbocycles. The number of carboxylic acids is 1. The van der Waals surface area contributed by atoms with E-state index in [0.29, 0.717) is 11.3 Å². The van der Waals surface area contributed by atoms with Gasteiger partial charge in [0.15, 0.2) is 0 Å². The Hall–Kier alpha value is -2.89. The minimum atomic E-state index is -1.22. The first-order valence-electron chi connectivity index (χ1n) is 7.34. The number of nitrogens with zero attached hydrogens (tertiary/aromatic N) is 2. The summed E-state index contributed by atoms with van der Waals surface area (Å²) in [7, 11) is 0. The molecule has 0 saturated heterocycles. The number of carboxylic acid groups (broad SMARTS) is 1. The van der Waals surface area contributed by atoms with Gasteiger partial charge in [0.25, 0.3) is 5.56 Å². The molecule has 6 nitrogen and oxygen atoms in total. The predicted molar refractivity (Wildman–Crippen MR) is 87.5 cm³/mol. The van der Waals surface area contributed by atoms with E-state index in [0.717, 1.165) is 16.9 Å². The van der Waals surface area contributed by atoms with Crippen molar-refractivity contribution in [1.82, 2.24) is 14.5 Å². The topological polar surface area (TPSA) is 88.0 Å². The van der Waals surface area contributed by atoms with Gasteiger partial charge in [-0.25, -0.2) is 9.78 Å². The third-order valence-electron chi connectivity index (χ3n) is 3.82. The van der Waals surface area contributed by atoms with Gasteiger partial charge in [0.2, 0.25) is 0 Å². The maximum atomic E-state index is 12.4. The summed E-state index contributed by atoms with van der Waals surface area (Å²) in [4.78, 5) is 31.4. The van der Waals surface area contributed by atoms with E-state index in [1.807, 2.05) is 19.9 Å². The number of fused-ring (bicyclic) bond motifs is 1. The van der Waals surface area contributed by atoms with Crippen LogP contribution in [0.3, 0.4) is 0 Å². The van der Waals surface area contributed by atoms with Crippen LogP contribution in [0.25, 0.3) is 16.7 Å². The van der Waals surface area contributed by atoms with Crippen LogP contribution in [0.2, 0.25) is 0 Å². The molecule has 2 heterocycles. The van der Waals surface area contributed by atoms with Gasteiger partial charge in [-0.05, 0) is 36.8 Å². The molecule has 3 rings (SSSR count). The lowest BCUT2D eigenvalue weighted by Crippen LogP contribution is -2.26. The standard InChI is InChI=1S/C17H17N3O3/c1-9(2)15-18-12-5-4-11(8-13(12)19-15)20-7-6-10(3)14(16(20)21)17(22)23/h4-9H,1-3H3,(H,18,19)(H,22,23). The van der Waals surface area contributed by atoms with Crippen LogP contribution >= 0.6 is 0 Å². The smallest absolute Gasteiger partial charge is 0.341 e. The van der Waals surface area contributed by atoms with Gasteiger partial charge < -0.3 is 10.1 Å². The summed E-state index contributed by atoms with van der Waals surface area (Å²) in [5.41, 5.74) is 1.93. The van der Waals surface area contributed by atoms with E-state index in [-0.39, 0.29) is 11.5 Å². The van der Waals surface area contributed by atoms with Crippen molar-refractivity contribution >= 4 is 17.0 Å². The first-order chi connectivity index (χ1) is 10.9. The molecule has 0 bridgehead atoms. The van der Waals surface area contributed by atoms with Gasteiger partial charge in [-0.2, -0.15) is 0 Å². The Balaban J connectivity index is 2.19. The van der Waals surface area contributed by atoms with Crippen LogP contribution in [0.15, 0.2) is 35.3 Å². The number of carbonyl (C=O) groups is 1. The third-order valence-corrected chi connectivity index (χ3v) is 3.82. The average Bonchev–Trinajstić information content (AvgIpc) is 2.90. The Labute approximate surface area is 132 Å². The van der Waals surface area contributed by atoms with Gasteiger partial charge in [0.05, 0.1) is 16.7 Å². The van der Waals surface area contributed by atoms with Gasteiger partial charge in [-0.3, -0.25) is 9.36 Å². The highest BCUT2D eigenvalue weighted by atomic mass is 16.4. The number of benzene rings is 1. The maximum absolute atomic E-state index is 12.4. The van der Waals surface area contributed by atoms with Crippen LogP contribution in [0.4, 0.5) is 0 Å². The van der Waals surface area contributed by atoms with Crippen LogP contribution in [-0.4, -0.2) is 25.6 Å². The molecule has 23 heavy (non-hydrogen) atoms. The molecule has 0 aliphatic rings. The van der Waals surface area contributed by atoms with Crippen LogP contribution in [0.5, 0.6) is 0 Å². The minimum Gasteiger partial charge on any atom is -0.477 e. The number of imidazole rings is 1. The van der Waals surface area contributed by atoms with Crippen LogP contribution in [0.1, 0.15) is 41.5 Å². The Morgan fingerprint density at radius 3 is 2.70 bits per heavy atom. The molecule has 0 spiro atoms. The third kappa shape index (κ3) is 2.52. The Morgan fingerprint density at radius 2 is 2.04 bits per heavy atom. The number of pyridine rings is 1. The number of aromatic carboxylic acids is 1. The number of hydrogen-bond donors (Lipinski definition) is 2. The molecule has 0 fully saturated rings. The maximum Gasteiger partial charge on any atom is 0.341 e. The molecule has 0 aliphatic heterocycles.